The molecule has 0 atom stereocenters. The van der Waals surface area contributed by atoms with E-state index in [0.29, 0.717) is 4.90 Å². The van der Waals surface area contributed by atoms with Crippen LogP contribution < -0.4 is 0 Å². The number of carbonyl (C=O) groups is 1. The number of nitrogens with zero attached hydrogens (tertiary/aromatic N) is 1. The highest BCUT2D eigenvalue weighted by molar-refractivity contribution is 5.76. The largest absolute Gasteiger partial charge is 0.406 e. The van der Waals surface area contributed by atoms with Gasteiger partial charge in [0.15, 0.2) is 0 Å². The Balaban J connectivity index is 4.15. The van der Waals surface area contributed by atoms with Crippen molar-refractivity contribution in [2.45, 2.75) is 33.4 Å². The van der Waals surface area contributed by atoms with Gasteiger partial charge in [0.2, 0.25) is 5.91 Å². The zero-order chi connectivity index (χ0) is 11.6. The fourth-order valence-electron chi connectivity index (χ4n) is 0.946. The molecule has 0 spiro atoms. The zero-order valence-electron chi connectivity index (χ0n) is 8.90. The van der Waals surface area contributed by atoms with Crippen LogP contribution in [0.1, 0.15) is 27.2 Å². The van der Waals surface area contributed by atoms with Gasteiger partial charge in [-0.25, -0.2) is 0 Å². The van der Waals surface area contributed by atoms with E-state index in [1.54, 1.807) is 0 Å². The number of hydrogen-bond acceptors (Lipinski definition) is 1. The number of rotatable bonds is 2. The Morgan fingerprint density at radius 2 is 1.64 bits per heavy atom. The Labute approximate surface area is 82.1 Å². The lowest BCUT2D eigenvalue weighted by molar-refractivity contribution is -0.159. The summed E-state index contributed by atoms with van der Waals surface area (Å²) in [5.41, 5.74) is -0.281. The van der Waals surface area contributed by atoms with E-state index in [-0.39, 0.29) is 11.8 Å². The van der Waals surface area contributed by atoms with Crippen LogP contribution in [0, 0.1) is 5.41 Å². The molecule has 0 radical (unpaired) electrons. The number of alkyl halides is 3. The van der Waals surface area contributed by atoms with E-state index < -0.39 is 18.6 Å². The molecule has 0 unspecified atom stereocenters. The molecule has 5 heteroatoms. The van der Waals surface area contributed by atoms with Crippen LogP contribution in [-0.2, 0) is 4.79 Å². The van der Waals surface area contributed by atoms with Gasteiger partial charge in [-0.15, -0.1) is 0 Å². The highest BCUT2D eigenvalue weighted by Gasteiger charge is 2.32. The molecule has 0 aliphatic rings. The normalized spacial score (nSPS) is 12.8. The van der Waals surface area contributed by atoms with Gasteiger partial charge in [-0.05, 0) is 5.41 Å². The predicted molar refractivity (Wildman–Crippen MR) is 47.8 cm³/mol. The third-order valence-corrected chi connectivity index (χ3v) is 1.52. The van der Waals surface area contributed by atoms with Crippen LogP contribution in [0.25, 0.3) is 0 Å². The Morgan fingerprint density at radius 3 is 1.93 bits per heavy atom. The van der Waals surface area contributed by atoms with Crippen molar-refractivity contribution < 1.29 is 18.0 Å². The van der Waals surface area contributed by atoms with Crippen molar-refractivity contribution in [1.29, 1.82) is 0 Å². The van der Waals surface area contributed by atoms with E-state index in [1.807, 2.05) is 20.8 Å². The number of halogens is 3. The Morgan fingerprint density at radius 1 is 1.21 bits per heavy atom. The second-order valence-corrected chi connectivity index (χ2v) is 4.60. The SMILES string of the molecule is CN(CC(F)(F)F)C(=O)CC(C)(C)C. The average molecular weight is 211 g/mol. The molecule has 0 bridgehead atoms. The molecule has 84 valence electrons. The molecular formula is C9H16F3NO. The van der Waals surface area contributed by atoms with E-state index >= 15 is 0 Å². The van der Waals surface area contributed by atoms with Gasteiger partial charge in [-0.1, -0.05) is 20.8 Å². The molecule has 0 rings (SSSR count). The maximum atomic E-state index is 11.9. The van der Waals surface area contributed by atoms with E-state index in [9.17, 15) is 18.0 Å². The molecule has 0 saturated heterocycles. The Bertz CT molecular complexity index is 205. The van der Waals surface area contributed by atoms with E-state index in [4.69, 9.17) is 0 Å². The molecule has 0 aliphatic carbocycles. The van der Waals surface area contributed by atoms with Gasteiger partial charge >= 0.3 is 6.18 Å². The first-order chi connectivity index (χ1) is 6.01. The summed E-state index contributed by atoms with van der Waals surface area (Å²) in [5.74, 6) is -0.477. The molecule has 0 heterocycles. The summed E-state index contributed by atoms with van der Waals surface area (Å²) in [7, 11) is 1.17. The van der Waals surface area contributed by atoms with E-state index in [0.717, 1.165) is 0 Å². The molecule has 0 saturated carbocycles. The molecule has 0 aromatic heterocycles. The minimum absolute atomic E-state index is 0.125. The standard InChI is InChI=1S/C9H16F3NO/c1-8(2,3)5-7(14)13(4)6-9(10,11)12/h5-6H2,1-4H3. The van der Waals surface area contributed by atoms with Crippen LogP contribution >= 0.6 is 0 Å². The van der Waals surface area contributed by atoms with Crippen LogP contribution in [0.4, 0.5) is 13.2 Å². The quantitative estimate of drug-likeness (QED) is 0.687. The first-order valence-electron chi connectivity index (χ1n) is 4.32. The highest BCUT2D eigenvalue weighted by Crippen LogP contribution is 2.21. The van der Waals surface area contributed by atoms with Gasteiger partial charge in [0.25, 0.3) is 0 Å². The van der Waals surface area contributed by atoms with Crippen molar-refractivity contribution in [2.75, 3.05) is 13.6 Å². The third-order valence-electron chi connectivity index (χ3n) is 1.52. The summed E-state index contributed by atoms with van der Waals surface area (Å²) in [6, 6.07) is 0. The van der Waals surface area contributed by atoms with E-state index in [1.165, 1.54) is 7.05 Å². The van der Waals surface area contributed by atoms with Crippen molar-refractivity contribution in [3.63, 3.8) is 0 Å². The second-order valence-electron chi connectivity index (χ2n) is 4.60. The summed E-state index contributed by atoms with van der Waals surface area (Å²) in [6.07, 6.45) is -4.19. The predicted octanol–water partition coefficient (Wildman–Crippen LogP) is 2.44. The maximum Gasteiger partial charge on any atom is 0.406 e. The highest BCUT2D eigenvalue weighted by atomic mass is 19.4. The lowest BCUT2D eigenvalue weighted by Crippen LogP contribution is -2.37. The topological polar surface area (TPSA) is 20.3 Å². The number of hydrogen-bond donors (Lipinski definition) is 0. The molecule has 0 aromatic carbocycles. The molecule has 0 fully saturated rings. The molecular weight excluding hydrogens is 195 g/mol. The first-order valence-corrected chi connectivity index (χ1v) is 4.32. The molecule has 0 aromatic rings. The summed E-state index contributed by atoms with van der Waals surface area (Å²) >= 11 is 0. The smallest absolute Gasteiger partial charge is 0.337 e. The Hall–Kier alpha value is -0.740. The lowest BCUT2D eigenvalue weighted by atomic mass is 9.92. The second kappa shape index (κ2) is 4.19. The van der Waals surface area contributed by atoms with Crippen LogP contribution in [0.15, 0.2) is 0 Å². The molecule has 2 nitrogen and oxygen atoms in total. The van der Waals surface area contributed by atoms with Crippen molar-refractivity contribution in [2.24, 2.45) is 5.41 Å². The van der Waals surface area contributed by atoms with Crippen LogP contribution in [0.3, 0.4) is 0 Å². The van der Waals surface area contributed by atoms with Gasteiger partial charge in [-0.3, -0.25) is 4.79 Å². The first kappa shape index (κ1) is 13.3. The van der Waals surface area contributed by atoms with Crippen LogP contribution in [-0.4, -0.2) is 30.6 Å². The summed E-state index contributed by atoms with van der Waals surface area (Å²) in [4.78, 5) is 12.0. The Kier molecular flexibility index (Phi) is 3.97. The fourth-order valence-corrected chi connectivity index (χ4v) is 0.946. The third kappa shape index (κ3) is 6.74. The monoisotopic (exact) mass is 211 g/mol. The average Bonchev–Trinajstić information content (AvgIpc) is 1.78. The summed E-state index contributed by atoms with van der Waals surface area (Å²) < 4.78 is 35.7. The zero-order valence-corrected chi connectivity index (χ0v) is 8.90. The van der Waals surface area contributed by atoms with Gasteiger partial charge in [0.1, 0.15) is 6.54 Å². The van der Waals surface area contributed by atoms with Crippen molar-refractivity contribution in [1.82, 2.24) is 4.90 Å². The molecule has 1 amide bonds. The molecule has 0 aliphatic heterocycles. The maximum absolute atomic E-state index is 11.9. The van der Waals surface area contributed by atoms with Gasteiger partial charge < -0.3 is 4.90 Å². The lowest BCUT2D eigenvalue weighted by Gasteiger charge is -2.23. The number of carbonyl (C=O) groups excluding carboxylic acids is 1. The molecule has 0 N–H and O–H groups in total. The summed E-state index contributed by atoms with van der Waals surface area (Å²) in [6.45, 7) is 4.26. The summed E-state index contributed by atoms with van der Waals surface area (Å²) in [5, 5.41) is 0. The fraction of sp³-hybridized carbons (Fsp3) is 0.889. The van der Waals surface area contributed by atoms with Crippen molar-refractivity contribution in [3.8, 4) is 0 Å². The van der Waals surface area contributed by atoms with Gasteiger partial charge in [0, 0.05) is 13.5 Å². The van der Waals surface area contributed by atoms with Gasteiger partial charge in [0.05, 0.1) is 0 Å². The minimum Gasteiger partial charge on any atom is -0.337 e. The van der Waals surface area contributed by atoms with Gasteiger partial charge in [-0.2, -0.15) is 13.2 Å². The number of amides is 1. The van der Waals surface area contributed by atoms with Crippen LogP contribution in [0.5, 0.6) is 0 Å². The minimum atomic E-state index is -4.32. The van der Waals surface area contributed by atoms with Crippen molar-refractivity contribution in [3.05, 3.63) is 0 Å². The van der Waals surface area contributed by atoms with Crippen LogP contribution in [0.2, 0.25) is 0 Å². The molecule has 14 heavy (non-hydrogen) atoms. The van der Waals surface area contributed by atoms with E-state index in [2.05, 4.69) is 0 Å². The van der Waals surface area contributed by atoms with Crippen molar-refractivity contribution >= 4 is 5.91 Å².